The topological polar surface area (TPSA) is 33.6 Å². The highest BCUT2D eigenvalue weighted by molar-refractivity contribution is 6.13. The van der Waals surface area contributed by atoms with Crippen molar-refractivity contribution < 1.29 is 13.2 Å². The minimum atomic E-state index is -4.58. The molecule has 12 rings (SSSR count). The number of benzene rings is 10. The molecule has 0 N–H and O–H groups in total. The molecule has 0 spiro atoms. The average molecular weight is 938 g/mol. The van der Waals surface area contributed by atoms with Crippen LogP contribution in [0.3, 0.4) is 0 Å². The van der Waals surface area contributed by atoms with Crippen molar-refractivity contribution in [2.75, 3.05) is 0 Å². The molecule has 3 nitrogen and oxygen atoms in total. The second kappa shape index (κ2) is 17.2. The van der Waals surface area contributed by atoms with E-state index in [0.717, 1.165) is 116 Å². The third kappa shape index (κ3) is 7.36. The van der Waals surface area contributed by atoms with Gasteiger partial charge in [0.05, 0.1) is 39.0 Å². The molecule has 72 heavy (non-hydrogen) atoms. The highest BCUT2D eigenvalue weighted by Gasteiger charge is 2.31. The smallest absolute Gasteiger partial charge is 0.308 e. The summed E-state index contributed by atoms with van der Waals surface area (Å²) in [5, 5.41) is 15.9. The van der Waals surface area contributed by atoms with Crippen LogP contribution in [0.15, 0.2) is 206 Å². The van der Waals surface area contributed by atoms with Gasteiger partial charge in [-0.1, -0.05) is 158 Å². The van der Waals surface area contributed by atoms with Gasteiger partial charge in [-0.15, -0.1) is 0 Å². The van der Waals surface area contributed by atoms with E-state index in [9.17, 15) is 18.4 Å². The largest absolute Gasteiger partial charge is 0.416 e. The van der Waals surface area contributed by atoms with Crippen LogP contribution in [0.4, 0.5) is 13.2 Å². The number of alkyl halides is 3. The van der Waals surface area contributed by atoms with E-state index in [4.69, 9.17) is 0 Å². The van der Waals surface area contributed by atoms with Crippen LogP contribution in [0.25, 0.3) is 111 Å². The van der Waals surface area contributed by atoms with Gasteiger partial charge in [0, 0.05) is 21.5 Å². The molecule has 0 saturated heterocycles. The van der Waals surface area contributed by atoms with Gasteiger partial charge in [-0.3, -0.25) is 0 Å². The molecule has 0 atom stereocenters. The van der Waals surface area contributed by atoms with Crippen molar-refractivity contribution in [1.82, 2.24) is 9.13 Å². The summed E-state index contributed by atoms with van der Waals surface area (Å²) in [6.45, 7) is 8.40. The van der Waals surface area contributed by atoms with Gasteiger partial charge in [0.25, 0.3) is 0 Å². The fourth-order valence-corrected chi connectivity index (χ4v) is 10.9. The molecule has 0 aliphatic heterocycles. The molecule has 0 radical (unpaired) electrons. The number of fused-ring (bicyclic) bond motifs is 6. The second-order valence-electron chi connectivity index (χ2n) is 18.9. The summed E-state index contributed by atoms with van der Waals surface area (Å²) in [4.78, 5) is 0. The number of nitriles is 1. The highest BCUT2D eigenvalue weighted by Crippen LogP contribution is 2.44. The number of aryl methyl sites for hydroxylation is 4. The Morgan fingerprint density at radius 2 is 0.681 bits per heavy atom. The van der Waals surface area contributed by atoms with Crippen molar-refractivity contribution in [3.05, 3.63) is 240 Å². The van der Waals surface area contributed by atoms with Gasteiger partial charge < -0.3 is 9.13 Å². The summed E-state index contributed by atoms with van der Waals surface area (Å²) in [5.74, 6) is 0. The SMILES string of the molecule is Cc1ccccc1-c1ccc2c3ccc(-c4ccccc4C)cc3n(-c3cc(-c4cccc(C(F)(F)F)c4)cc(-n4c5cc(-c6ccccc6C)ccc5c5ccc(-c6ccccc6C)cc54)c3C#N)c2c1. The van der Waals surface area contributed by atoms with Crippen LogP contribution in [0.5, 0.6) is 0 Å². The fraction of sp³-hybridized carbons (Fsp3) is 0.0758. The van der Waals surface area contributed by atoms with Gasteiger partial charge in [0.1, 0.15) is 11.6 Å². The minimum Gasteiger partial charge on any atom is -0.308 e. The van der Waals surface area contributed by atoms with E-state index in [2.05, 4.69) is 164 Å². The number of hydrogen-bond donors (Lipinski definition) is 0. The maximum absolute atomic E-state index is 14.7. The molecular formula is C66H46F3N3. The summed E-state index contributed by atoms with van der Waals surface area (Å²) < 4.78 is 48.4. The zero-order valence-electron chi connectivity index (χ0n) is 40.1. The molecule has 12 aromatic rings. The normalized spacial score (nSPS) is 11.8. The number of halogens is 3. The van der Waals surface area contributed by atoms with Crippen molar-refractivity contribution in [1.29, 1.82) is 5.26 Å². The van der Waals surface area contributed by atoms with Gasteiger partial charge in [-0.05, 0) is 154 Å². The number of rotatable bonds is 7. The molecular weight excluding hydrogens is 892 g/mol. The molecule has 0 aliphatic rings. The molecule has 2 heterocycles. The monoisotopic (exact) mass is 937 g/mol. The zero-order valence-corrected chi connectivity index (χ0v) is 40.1. The van der Waals surface area contributed by atoms with E-state index in [-0.39, 0.29) is 0 Å². The van der Waals surface area contributed by atoms with Crippen molar-refractivity contribution >= 4 is 43.6 Å². The third-order valence-corrected chi connectivity index (χ3v) is 14.6. The fourth-order valence-electron chi connectivity index (χ4n) is 10.9. The Balaban J connectivity index is 1.25. The minimum absolute atomic E-state index is 0.369. The molecule has 2 aromatic heterocycles. The zero-order chi connectivity index (χ0) is 49.4. The first-order valence-electron chi connectivity index (χ1n) is 24.1. The summed E-state index contributed by atoms with van der Waals surface area (Å²) in [7, 11) is 0. The van der Waals surface area contributed by atoms with Crippen LogP contribution in [-0.2, 0) is 6.18 Å². The molecule has 0 fully saturated rings. The van der Waals surface area contributed by atoms with Gasteiger partial charge in [0.15, 0.2) is 0 Å². The van der Waals surface area contributed by atoms with Crippen LogP contribution >= 0.6 is 0 Å². The molecule has 6 heteroatoms. The van der Waals surface area contributed by atoms with Crippen molar-refractivity contribution in [2.45, 2.75) is 33.9 Å². The van der Waals surface area contributed by atoms with Crippen molar-refractivity contribution in [3.63, 3.8) is 0 Å². The van der Waals surface area contributed by atoms with Crippen LogP contribution in [0, 0.1) is 39.0 Å². The van der Waals surface area contributed by atoms with Crippen LogP contribution in [0.2, 0.25) is 0 Å². The molecule has 0 saturated carbocycles. The maximum Gasteiger partial charge on any atom is 0.416 e. The quantitative estimate of drug-likeness (QED) is 0.157. The molecule has 0 unspecified atom stereocenters. The van der Waals surface area contributed by atoms with Crippen LogP contribution in [-0.4, -0.2) is 9.13 Å². The predicted octanol–water partition coefficient (Wildman–Crippen LogP) is 18.3. The molecule has 10 aromatic carbocycles. The van der Waals surface area contributed by atoms with Crippen LogP contribution in [0.1, 0.15) is 33.4 Å². The molecule has 346 valence electrons. The van der Waals surface area contributed by atoms with E-state index in [1.165, 1.54) is 12.1 Å². The number of aromatic nitrogens is 2. The lowest BCUT2D eigenvalue weighted by Crippen LogP contribution is -2.06. The third-order valence-electron chi connectivity index (χ3n) is 14.6. The van der Waals surface area contributed by atoms with E-state index < -0.39 is 11.7 Å². The summed E-state index contributed by atoms with van der Waals surface area (Å²) in [5.41, 5.74) is 17.9. The Hall–Kier alpha value is -8.92. The number of nitrogens with zero attached hydrogens (tertiary/aromatic N) is 3. The highest BCUT2D eigenvalue weighted by atomic mass is 19.4. The van der Waals surface area contributed by atoms with E-state index in [0.29, 0.717) is 28.1 Å². The maximum atomic E-state index is 14.7. The average Bonchev–Trinajstić information content (AvgIpc) is 3.89. The van der Waals surface area contributed by atoms with Crippen LogP contribution < -0.4 is 0 Å². The first-order valence-corrected chi connectivity index (χ1v) is 24.1. The number of hydrogen-bond acceptors (Lipinski definition) is 1. The summed E-state index contributed by atoms with van der Waals surface area (Å²) in [6, 6.07) is 71.1. The standard InChI is InChI=1S/C66H46F3N3/c1-40-14-5-9-20-51(40)45-24-28-55-56-29-25-46(52-21-10-6-15-41(52)2)34-61(56)71(60(55)33-45)64-37-49(44-18-13-19-50(32-44)66(67,68)69)38-65(59(64)39-70)72-62-35-47(53-22-11-7-16-42(53)3)26-30-57(62)58-31-27-48(36-63(58)72)54-23-12-8-17-43(54)4/h5-38H,1-4H3. The Labute approximate surface area is 415 Å². The van der Waals surface area contributed by atoms with E-state index >= 15 is 0 Å². The Bertz CT molecular complexity index is 3780. The predicted molar refractivity (Wildman–Crippen MR) is 291 cm³/mol. The molecule has 0 bridgehead atoms. The van der Waals surface area contributed by atoms with Gasteiger partial charge in [0.2, 0.25) is 0 Å². The summed E-state index contributed by atoms with van der Waals surface area (Å²) >= 11 is 0. The van der Waals surface area contributed by atoms with Gasteiger partial charge in [-0.25, -0.2) is 0 Å². The summed E-state index contributed by atoms with van der Waals surface area (Å²) in [6.07, 6.45) is -4.58. The molecule has 0 aliphatic carbocycles. The van der Waals surface area contributed by atoms with Crippen molar-refractivity contribution in [2.24, 2.45) is 0 Å². The molecule has 0 amide bonds. The lowest BCUT2D eigenvalue weighted by molar-refractivity contribution is -0.137. The lowest BCUT2D eigenvalue weighted by atomic mass is 9.97. The Morgan fingerprint density at radius 1 is 0.347 bits per heavy atom. The Morgan fingerprint density at radius 3 is 0.986 bits per heavy atom. The van der Waals surface area contributed by atoms with E-state index in [1.54, 1.807) is 6.07 Å². The van der Waals surface area contributed by atoms with E-state index in [1.807, 2.05) is 60.7 Å². The van der Waals surface area contributed by atoms with Crippen molar-refractivity contribution in [3.8, 4) is 73.1 Å². The Kier molecular flexibility index (Phi) is 10.6. The van der Waals surface area contributed by atoms with Gasteiger partial charge >= 0.3 is 6.18 Å². The lowest BCUT2D eigenvalue weighted by Gasteiger charge is -2.20. The second-order valence-corrected chi connectivity index (χ2v) is 18.9. The van der Waals surface area contributed by atoms with Gasteiger partial charge in [-0.2, -0.15) is 18.4 Å². The first-order chi connectivity index (χ1) is 34.9. The first kappa shape index (κ1) is 44.3.